The summed E-state index contributed by atoms with van der Waals surface area (Å²) in [5.74, 6) is -2.50. The Morgan fingerprint density at radius 1 is 0.880 bits per heavy atom. The molecule has 0 aliphatic carbocycles. The van der Waals surface area contributed by atoms with Crippen molar-refractivity contribution in [2.45, 2.75) is 31.3 Å². The Kier molecular flexibility index (Phi) is 5.40. The minimum absolute atomic E-state index is 0.439. The van der Waals surface area contributed by atoms with Gasteiger partial charge in [-0.15, -0.1) is 13.2 Å². The van der Waals surface area contributed by atoms with Crippen molar-refractivity contribution >= 4 is 11.6 Å². The van der Waals surface area contributed by atoms with Gasteiger partial charge in [-0.1, -0.05) is 0 Å². The summed E-state index contributed by atoms with van der Waals surface area (Å²) in [6.45, 7) is 0.439. The lowest BCUT2D eigenvalue weighted by atomic mass is 10.1. The van der Waals surface area contributed by atoms with Crippen molar-refractivity contribution in [3.05, 3.63) is 24.3 Å². The molecule has 2 N–H and O–H groups in total. The van der Waals surface area contributed by atoms with Gasteiger partial charge >= 0.3 is 24.4 Å². The number of alkyl halides is 9. The highest BCUT2D eigenvalue weighted by Crippen LogP contribution is 2.43. The van der Waals surface area contributed by atoms with Crippen molar-refractivity contribution in [3.8, 4) is 5.75 Å². The van der Waals surface area contributed by atoms with Gasteiger partial charge in [0.1, 0.15) is 5.75 Å². The number of hydrogen-bond acceptors (Lipinski definition) is 3. The van der Waals surface area contributed by atoms with Crippen molar-refractivity contribution in [3.63, 3.8) is 0 Å². The van der Waals surface area contributed by atoms with E-state index in [-0.39, 0.29) is 0 Å². The van der Waals surface area contributed by atoms with Crippen LogP contribution in [0, 0.1) is 0 Å². The zero-order valence-corrected chi connectivity index (χ0v) is 12.0. The summed E-state index contributed by atoms with van der Waals surface area (Å²) in [4.78, 5) is 10.9. The average Bonchev–Trinajstić information content (AvgIpc) is 2.35. The summed E-state index contributed by atoms with van der Waals surface area (Å²) >= 11 is 0. The molecule has 0 bridgehead atoms. The molecule has 0 fully saturated rings. The van der Waals surface area contributed by atoms with Crippen molar-refractivity contribution in [2.75, 3.05) is 5.32 Å². The number of carbonyl (C=O) groups excluding carboxylic acids is 1. The Balaban J connectivity index is 3.24. The number of anilines is 1. The summed E-state index contributed by atoms with van der Waals surface area (Å²) in [5, 5.41) is 1.84. The molecule has 0 unspecified atom stereocenters. The van der Waals surface area contributed by atoms with Crippen molar-refractivity contribution in [1.29, 1.82) is 0 Å². The van der Waals surface area contributed by atoms with Gasteiger partial charge in [0.2, 0.25) is 5.91 Å². The van der Waals surface area contributed by atoms with Crippen molar-refractivity contribution < 1.29 is 49.0 Å². The van der Waals surface area contributed by atoms with Gasteiger partial charge in [-0.05, 0) is 24.3 Å². The number of hydrogen-bond donors (Lipinski definition) is 2. The van der Waals surface area contributed by atoms with Gasteiger partial charge in [-0.25, -0.2) is 0 Å². The third kappa shape index (κ3) is 5.06. The van der Waals surface area contributed by atoms with Crippen LogP contribution in [0.1, 0.15) is 6.92 Å². The first-order valence-electron chi connectivity index (χ1n) is 6.13. The molecule has 13 heteroatoms. The topological polar surface area (TPSA) is 50.4 Å². The predicted octanol–water partition coefficient (Wildman–Crippen LogP) is 3.95. The van der Waals surface area contributed by atoms with E-state index < -0.39 is 41.7 Å². The van der Waals surface area contributed by atoms with Gasteiger partial charge in [0, 0.05) is 12.6 Å². The van der Waals surface area contributed by atoms with E-state index in [0.29, 0.717) is 31.2 Å². The quantitative estimate of drug-likeness (QED) is 0.611. The normalized spacial score (nSPS) is 13.4. The summed E-state index contributed by atoms with van der Waals surface area (Å²) in [7, 11) is 0. The maximum absolute atomic E-state index is 13.0. The first-order chi connectivity index (χ1) is 11.1. The van der Waals surface area contributed by atoms with E-state index in [1.54, 1.807) is 0 Å². The number of benzene rings is 1. The third-order valence-electron chi connectivity index (χ3n) is 2.63. The van der Waals surface area contributed by atoms with Crippen LogP contribution in [-0.4, -0.2) is 30.3 Å². The first kappa shape index (κ1) is 20.7. The number of carbonyl (C=O) groups is 1. The van der Waals surface area contributed by atoms with E-state index in [4.69, 9.17) is 0 Å². The van der Waals surface area contributed by atoms with E-state index in [9.17, 15) is 44.3 Å². The minimum atomic E-state index is -6.02. The van der Waals surface area contributed by atoms with E-state index in [1.165, 1.54) is 0 Å². The molecule has 1 aromatic rings. The van der Waals surface area contributed by atoms with Crippen LogP contribution in [0.3, 0.4) is 0 Å². The monoisotopic (exact) mass is 384 g/mol. The zero-order valence-electron chi connectivity index (χ0n) is 12.0. The Morgan fingerprint density at radius 2 is 1.32 bits per heavy atom. The fourth-order valence-electron chi connectivity index (χ4n) is 1.70. The average molecular weight is 384 g/mol. The van der Waals surface area contributed by atoms with E-state index >= 15 is 0 Å². The number of ether oxygens (including phenoxy) is 1. The van der Waals surface area contributed by atoms with Crippen LogP contribution in [0.25, 0.3) is 0 Å². The Labute approximate surface area is 133 Å². The fraction of sp³-hybridized carbons (Fsp3) is 0.417. The van der Waals surface area contributed by atoms with E-state index in [1.807, 2.05) is 0 Å². The molecule has 0 aliphatic heterocycles. The molecule has 142 valence electrons. The van der Waals surface area contributed by atoms with Crippen LogP contribution in [0.5, 0.6) is 5.75 Å². The van der Waals surface area contributed by atoms with Gasteiger partial charge in [0.05, 0.1) is 0 Å². The molecule has 25 heavy (non-hydrogen) atoms. The highest BCUT2D eigenvalue weighted by atomic mass is 19.4. The second kappa shape index (κ2) is 6.52. The molecule has 0 radical (unpaired) electrons. The summed E-state index contributed by atoms with van der Waals surface area (Å²) in [6.07, 6.45) is -17.1. The molecule has 0 aliphatic rings. The second-order valence-corrected chi connectivity index (χ2v) is 4.62. The van der Waals surface area contributed by atoms with Crippen LogP contribution in [0.15, 0.2) is 24.3 Å². The number of nitrogens with one attached hydrogen (secondary N) is 2. The summed E-state index contributed by atoms with van der Waals surface area (Å²) in [6, 6.07) is 1.99. The Morgan fingerprint density at radius 3 is 1.64 bits per heavy atom. The van der Waals surface area contributed by atoms with E-state index in [0.717, 1.165) is 10.6 Å². The molecule has 0 heterocycles. The van der Waals surface area contributed by atoms with Crippen LogP contribution in [0.4, 0.5) is 45.2 Å². The molecule has 4 nitrogen and oxygen atoms in total. The smallest absolute Gasteiger partial charge is 0.406 e. The zero-order chi connectivity index (χ0) is 19.7. The maximum Gasteiger partial charge on any atom is 0.573 e. The van der Waals surface area contributed by atoms with Gasteiger partial charge in [-0.2, -0.15) is 26.3 Å². The van der Waals surface area contributed by atoms with Gasteiger partial charge < -0.3 is 15.4 Å². The molecule has 0 saturated heterocycles. The molecule has 1 amide bonds. The Bertz CT molecular complexity index is 591. The lowest BCUT2D eigenvalue weighted by Gasteiger charge is -2.38. The predicted molar refractivity (Wildman–Crippen MR) is 65.4 cm³/mol. The SMILES string of the molecule is CC(=O)NC(Nc1ccc(OC(F)(F)F)cc1)(C(F)(F)F)C(F)(F)F. The minimum Gasteiger partial charge on any atom is -0.406 e. The molecule has 1 rings (SSSR count). The molecule has 1 aromatic carbocycles. The van der Waals surface area contributed by atoms with Crippen molar-refractivity contribution in [2.24, 2.45) is 0 Å². The molecule has 0 spiro atoms. The molecule has 0 atom stereocenters. The van der Waals surface area contributed by atoms with Gasteiger partial charge in [0.15, 0.2) is 0 Å². The molecular formula is C12H9F9N2O2. The summed E-state index contributed by atoms with van der Waals surface area (Å²) < 4.78 is 118. The lowest BCUT2D eigenvalue weighted by Crippen LogP contribution is -2.71. The first-order valence-corrected chi connectivity index (χ1v) is 6.13. The van der Waals surface area contributed by atoms with Gasteiger partial charge in [-0.3, -0.25) is 4.79 Å². The number of rotatable bonds is 4. The van der Waals surface area contributed by atoms with Crippen molar-refractivity contribution in [1.82, 2.24) is 5.32 Å². The standard InChI is InChI=1S/C12H9F9N2O2/c1-6(24)22-9(10(13,14)15,11(16,17)18)23-7-2-4-8(5-3-7)25-12(19,20)21/h2-5,23H,1H3,(H,22,24). The highest BCUT2D eigenvalue weighted by Gasteiger charge is 2.72. The molecule has 0 aromatic heterocycles. The highest BCUT2D eigenvalue weighted by molar-refractivity contribution is 5.75. The van der Waals surface area contributed by atoms with Gasteiger partial charge in [0.25, 0.3) is 0 Å². The second-order valence-electron chi connectivity index (χ2n) is 4.62. The van der Waals surface area contributed by atoms with Crippen LogP contribution in [0.2, 0.25) is 0 Å². The molecular weight excluding hydrogens is 375 g/mol. The lowest BCUT2D eigenvalue weighted by molar-refractivity contribution is -0.295. The van der Waals surface area contributed by atoms with Crippen LogP contribution >= 0.6 is 0 Å². The number of amides is 1. The maximum atomic E-state index is 13.0. The Hall–Kier alpha value is -2.34. The van der Waals surface area contributed by atoms with Crippen LogP contribution < -0.4 is 15.4 Å². The van der Waals surface area contributed by atoms with Crippen LogP contribution in [-0.2, 0) is 4.79 Å². The summed E-state index contributed by atoms with van der Waals surface area (Å²) in [5.41, 5.74) is -5.70. The fourth-order valence-corrected chi connectivity index (χ4v) is 1.70. The van der Waals surface area contributed by atoms with E-state index in [2.05, 4.69) is 4.74 Å². The number of halogens is 9. The molecule has 0 saturated carbocycles. The third-order valence-corrected chi connectivity index (χ3v) is 2.63. The largest absolute Gasteiger partial charge is 0.573 e.